The van der Waals surface area contributed by atoms with Crippen LogP contribution >= 0.6 is 12.4 Å². The van der Waals surface area contributed by atoms with Gasteiger partial charge in [-0.15, -0.1) is 12.4 Å². The van der Waals surface area contributed by atoms with Crippen molar-refractivity contribution < 1.29 is 9.53 Å². The smallest absolute Gasteiger partial charge is 0.166 e. The Hall–Kier alpha value is -0.900. The Morgan fingerprint density at radius 1 is 1.19 bits per heavy atom. The molecule has 0 saturated heterocycles. The van der Waals surface area contributed by atoms with E-state index in [-0.39, 0.29) is 18.2 Å². The van der Waals surface area contributed by atoms with E-state index < -0.39 is 11.2 Å². The zero-order valence-electron chi connectivity index (χ0n) is 13.6. The van der Waals surface area contributed by atoms with E-state index in [0.29, 0.717) is 0 Å². The fourth-order valence-electron chi connectivity index (χ4n) is 3.17. The third-order valence-electron chi connectivity index (χ3n) is 4.14. The van der Waals surface area contributed by atoms with Crippen molar-refractivity contribution in [3.8, 4) is 0 Å². The third-order valence-corrected chi connectivity index (χ3v) is 4.14. The van der Waals surface area contributed by atoms with Gasteiger partial charge in [0.2, 0.25) is 0 Å². The number of ketones is 1. The van der Waals surface area contributed by atoms with Crippen LogP contribution in [0.15, 0.2) is 24.3 Å². The summed E-state index contributed by atoms with van der Waals surface area (Å²) in [5.41, 5.74) is 1.02. The highest BCUT2D eigenvalue weighted by atomic mass is 35.5. The SMILES string of the molecule is CC(=O)C1(CCCN(C)C)OC(C)(C)c2ccccc21.Cl. The van der Waals surface area contributed by atoms with E-state index in [1.807, 2.05) is 46.1 Å². The lowest BCUT2D eigenvalue weighted by Gasteiger charge is -2.30. The molecule has 1 atom stereocenters. The van der Waals surface area contributed by atoms with Gasteiger partial charge in [-0.3, -0.25) is 4.79 Å². The zero-order valence-corrected chi connectivity index (χ0v) is 14.4. The minimum absolute atomic E-state index is 0. The van der Waals surface area contributed by atoms with Crippen molar-refractivity contribution in [3.05, 3.63) is 35.4 Å². The summed E-state index contributed by atoms with van der Waals surface area (Å²) in [6.45, 7) is 6.69. The first kappa shape index (κ1) is 18.1. The largest absolute Gasteiger partial charge is 0.352 e. The molecular weight excluding hydrogens is 286 g/mol. The molecule has 1 heterocycles. The lowest BCUT2D eigenvalue weighted by atomic mass is 9.83. The highest BCUT2D eigenvalue weighted by Gasteiger charge is 2.51. The van der Waals surface area contributed by atoms with E-state index in [4.69, 9.17) is 4.74 Å². The number of nitrogens with zero attached hydrogens (tertiary/aromatic N) is 1. The van der Waals surface area contributed by atoms with Crippen molar-refractivity contribution in [2.24, 2.45) is 0 Å². The molecule has 0 N–H and O–H groups in total. The van der Waals surface area contributed by atoms with Crippen LogP contribution in [0, 0.1) is 0 Å². The van der Waals surface area contributed by atoms with Crippen molar-refractivity contribution in [1.29, 1.82) is 0 Å². The minimum atomic E-state index is -0.768. The molecule has 0 aliphatic carbocycles. The van der Waals surface area contributed by atoms with Gasteiger partial charge in [0.05, 0.1) is 5.60 Å². The quantitative estimate of drug-likeness (QED) is 0.833. The topological polar surface area (TPSA) is 29.5 Å². The first-order valence-corrected chi connectivity index (χ1v) is 7.25. The number of halogens is 1. The lowest BCUT2D eigenvalue weighted by molar-refractivity contribution is -0.163. The number of Topliss-reactive ketones (excluding diaryl/α,β-unsaturated/α-hetero) is 1. The van der Waals surface area contributed by atoms with Gasteiger partial charge < -0.3 is 9.64 Å². The molecule has 0 aromatic heterocycles. The van der Waals surface area contributed by atoms with E-state index in [2.05, 4.69) is 11.0 Å². The van der Waals surface area contributed by atoms with Crippen LogP contribution in [-0.4, -0.2) is 31.3 Å². The third kappa shape index (κ3) is 3.31. The molecule has 1 aliphatic heterocycles. The summed E-state index contributed by atoms with van der Waals surface area (Å²) in [7, 11) is 4.10. The second-order valence-corrected chi connectivity index (χ2v) is 6.45. The maximum absolute atomic E-state index is 12.4. The van der Waals surface area contributed by atoms with Gasteiger partial charge in [0.1, 0.15) is 0 Å². The van der Waals surface area contributed by atoms with Crippen LogP contribution in [0.5, 0.6) is 0 Å². The Balaban J connectivity index is 0.00000220. The molecule has 3 nitrogen and oxygen atoms in total. The standard InChI is InChI=1S/C17H25NO2.ClH/c1-13(19)17(11-8-12-18(4)5)15-10-7-6-9-14(15)16(2,3)20-17;/h6-7,9-10H,8,11-12H2,1-5H3;1H. The maximum atomic E-state index is 12.4. The molecule has 0 saturated carbocycles. The van der Waals surface area contributed by atoms with E-state index in [1.54, 1.807) is 6.92 Å². The fourth-order valence-corrected chi connectivity index (χ4v) is 3.17. The molecule has 0 radical (unpaired) electrons. The van der Waals surface area contributed by atoms with Crippen LogP contribution < -0.4 is 0 Å². The molecule has 1 aliphatic rings. The molecule has 118 valence electrons. The number of hydrogen-bond donors (Lipinski definition) is 0. The van der Waals surface area contributed by atoms with Gasteiger partial charge in [-0.25, -0.2) is 0 Å². The van der Waals surface area contributed by atoms with Gasteiger partial charge in [-0.2, -0.15) is 0 Å². The average Bonchev–Trinajstić information content (AvgIpc) is 2.59. The number of rotatable bonds is 5. The second kappa shape index (κ2) is 6.47. The number of carbonyl (C=O) groups is 1. The van der Waals surface area contributed by atoms with Crippen LogP contribution in [0.3, 0.4) is 0 Å². The van der Waals surface area contributed by atoms with Crippen LogP contribution in [0.2, 0.25) is 0 Å². The molecule has 21 heavy (non-hydrogen) atoms. The van der Waals surface area contributed by atoms with Crippen molar-refractivity contribution in [3.63, 3.8) is 0 Å². The summed E-state index contributed by atoms with van der Waals surface area (Å²) in [6.07, 6.45) is 1.68. The predicted octanol–water partition coefficient (Wildman–Crippen LogP) is 3.50. The first-order valence-electron chi connectivity index (χ1n) is 7.25. The Morgan fingerprint density at radius 3 is 2.29 bits per heavy atom. The van der Waals surface area contributed by atoms with E-state index >= 15 is 0 Å². The van der Waals surface area contributed by atoms with Gasteiger partial charge in [0.15, 0.2) is 11.4 Å². The normalized spacial score (nSPS) is 22.8. The molecule has 1 aromatic rings. The highest BCUT2D eigenvalue weighted by Crippen LogP contribution is 2.49. The van der Waals surface area contributed by atoms with E-state index in [1.165, 1.54) is 0 Å². The molecule has 0 amide bonds. The Kier molecular flexibility index (Phi) is 5.59. The molecule has 4 heteroatoms. The van der Waals surface area contributed by atoms with Crippen molar-refractivity contribution in [1.82, 2.24) is 4.90 Å². The van der Waals surface area contributed by atoms with Crippen molar-refractivity contribution in [2.45, 2.75) is 44.8 Å². The number of fused-ring (bicyclic) bond motifs is 1. The van der Waals surface area contributed by atoms with Gasteiger partial charge >= 0.3 is 0 Å². The minimum Gasteiger partial charge on any atom is -0.352 e. The molecule has 0 spiro atoms. The number of ether oxygens (including phenoxy) is 1. The van der Waals surface area contributed by atoms with Crippen LogP contribution in [0.4, 0.5) is 0 Å². The van der Waals surface area contributed by atoms with E-state index in [0.717, 1.165) is 30.5 Å². The van der Waals surface area contributed by atoms with Gasteiger partial charge in [0, 0.05) is 0 Å². The Labute approximate surface area is 134 Å². The van der Waals surface area contributed by atoms with Crippen LogP contribution in [0.1, 0.15) is 44.7 Å². The molecular formula is C17H26ClNO2. The first-order chi connectivity index (χ1) is 9.29. The summed E-state index contributed by atoms with van der Waals surface area (Å²) in [4.78, 5) is 14.5. The molecule has 1 aromatic carbocycles. The number of benzene rings is 1. The highest BCUT2D eigenvalue weighted by molar-refractivity contribution is 5.88. The predicted molar refractivity (Wildman–Crippen MR) is 87.9 cm³/mol. The Bertz CT molecular complexity index is 513. The van der Waals surface area contributed by atoms with Crippen LogP contribution in [0.25, 0.3) is 0 Å². The zero-order chi connectivity index (χ0) is 15.0. The van der Waals surface area contributed by atoms with Gasteiger partial charge in [-0.05, 0) is 65.4 Å². The Morgan fingerprint density at radius 2 is 1.76 bits per heavy atom. The van der Waals surface area contributed by atoms with E-state index in [9.17, 15) is 4.79 Å². The molecule has 0 fully saturated rings. The molecule has 1 unspecified atom stereocenters. The van der Waals surface area contributed by atoms with Crippen LogP contribution in [-0.2, 0) is 20.7 Å². The summed E-state index contributed by atoms with van der Waals surface area (Å²) in [5.74, 6) is 0.106. The second-order valence-electron chi connectivity index (χ2n) is 6.45. The maximum Gasteiger partial charge on any atom is 0.166 e. The summed E-state index contributed by atoms with van der Waals surface area (Å²) in [6, 6.07) is 8.13. The fraction of sp³-hybridized carbons (Fsp3) is 0.588. The monoisotopic (exact) mass is 311 g/mol. The lowest BCUT2D eigenvalue weighted by Crippen LogP contribution is -2.37. The number of carbonyl (C=O) groups excluding carboxylic acids is 1. The molecule has 0 bridgehead atoms. The summed E-state index contributed by atoms with van der Waals surface area (Å²) < 4.78 is 6.28. The average molecular weight is 312 g/mol. The van der Waals surface area contributed by atoms with Gasteiger partial charge in [-0.1, -0.05) is 24.3 Å². The van der Waals surface area contributed by atoms with Gasteiger partial charge in [0.25, 0.3) is 0 Å². The summed E-state index contributed by atoms with van der Waals surface area (Å²) >= 11 is 0. The number of hydrogen-bond acceptors (Lipinski definition) is 3. The van der Waals surface area contributed by atoms with Crippen molar-refractivity contribution in [2.75, 3.05) is 20.6 Å². The molecule has 2 rings (SSSR count). The summed E-state index contributed by atoms with van der Waals surface area (Å²) in [5, 5.41) is 0. The van der Waals surface area contributed by atoms with Crippen molar-refractivity contribution >= 4 is 18.2 Å².